The van der Waals surface area contributed by atoms with Crippen molar-refractivity contribution < 1.29 is 19.6 Å². The summed E-state index contributed by atoms with van der Waals surface area (Å²) in [6.45, 7) is 0. The van der Waals surface area contributed by atoms with Gasteiger partial charge in [0.25, 0.3) is 0 Å². The Morgan fingerprint density at radius 3 is 2.27 bits per heavy atom. The Morgan fingerprint density at radius 2 is 2.09 bits per heavy atom. The van der Waals surface area contributed by atoms with Crippen LogP contribution >= 0.6 is 0 Å². The maximum Gasteiger partial charge on any atom is 0.330 e. The highest BCUT2D eigenvalue weighted by Gasteiger charge is 2.48. The number of hydrogen-bond donors (Lipinski definition) is 1. The van der Waals surface area contributed by atoms with Gasteiger partial charge in [-0.15, -0.1) is 0 Å². The molecule has 6 nitrogen and oxygen atoms in total. The largest absolute Gasteiger partial charge is 0.385 e. The van der Waals surface area contributed by atoms with E-state index in [2.05, 4.69) is 0 Å². The summed E-state index contributed by atoms with van der Waals surface area (Å²) in [5, 5.41) is 18.7. The van der Waals surface area contributed by atoms with Crippen molar-refractivity contribution >= 4 is 11.6 Å². The van der Waals surface area contributed by atoms with E-state index >= 15 is 0 Å². The van der Waals surface area contributed by atoms with Gasteiger partial charge in [-0.1, -0.05) is 0 Å². The zero-order valence-corrected chi connectivity index (χ0v) is 5.39. The average Bonchev–Trinajstić information content (AvgIpc) is 2.07. The van der Waals surface area contributed by atoms with Crippen LogP contribution in [-0.4, -0.2) is 33.7 Å². The molecule has 60 valence electrons. The zero-order valence-electron chi connectivity index (χ0n) is 5.39. The number of nitrogens with zero attached hydrogens (tertiary/aromatic N) is 1. The SMILES string of the molecule is O=C1CC(O)C(=O)C1[N+](=O)[O-]. The Bertz CT molecular complexity index is 235. The van der Waals surface area contributed by atoms with Crippen molar-refractivity contribution in [3.05, 3.63) is 10.1 Å². The van der Waals surface area contributed by atoms with Crippen LogP contribution < -0.4 is 0 Å². The normalized spacial score (nSPS) is 31.0. The number of ketones is 2. The molecule has 1 rings (SSSR count). The van der Waals surface area contributed by atoms with Gasteiger partial charge < -0.3 is 5.11 Å². The van der Waals surface area contributed by atoms with E-state index in [-0.39, 0.29) is 0 Å². The van der Waals surface area contributed by atoms with Gasteiger partial charge in [-0.25, -0.2) is 0 Å². The third-order valence-electron chi connectivity index (χ3n) is 1.51. The van der Waals surface area contributed by atoms with Crippen LogP contribution in [0.2, 0.25) is 0 Å². The number of nitro groups is 1. The molecule has 0 aromatic heterocycles. The fourth-order valence-electron chi connectivity index (χ4n) is 0.965. The fraction of sp³-hybridized carbons (Fsp3) is 0.600. The molecule has 0 radical (unpaired) electrons. The molecule has 1 fully saturated rings. The van der Waals surface area contributed by atoms with E-state index in [1.165, 1.54) is 0 Å². The molecule has 0 bridgehead atoms. The minimum Gasteiger partial charge on any atom is -0.385 e. The Morgan fingerprint density at radius 1 is 1.55 bits per heavy atom. The van der Waals surface area contributed by atoms with Crippen molar-refractivity contribution in [2.75, 3.05) is 0 Å². The standard InChI is InChI=1S/C5H5NO5/c7-2-1-3(8)5(9)4(2)6(10)11/h3-4,8H,1H2. The smallest absolute Gasteiger partial charge is 0.330 e. The number of carbonyl (C=O) groups excluding carboxylic acids is 2. The minimum atomic E-state index is -1.83. The van der Waals surface area contributed by atoms with E-state index < -0.39 is 35.1 Å². The molecule has 6 heteroatoms. The molecule has 0 heterocycles. The van der Waals surface area contributed by atoms with Gasteiger partial charge in [-0.2, -0.15) is 0 Å². The monoisotopic (exact) mass is 159 g/mol. The summed E-state index contributed by atoms with van der Waals surface area (Å²) in [4.78, 5) is 30.3. The molecule has 0 aromatic carbocycles. The first-order chi connectivity index (χ1) is 5.04. The Kier molecular flexibility index (Phi) is 1.69. The molecule has 2 atom stereocenters. The van der Waals surface area contributed by atoms with Crippen LogP contribution in [0, 0.1) is 10.1 Å². The Balaban J connectivity index is 2.88. The number of aliphatic hydroxyl groups excluding tert-OH is 1. The Labute approximate surface area is 61.0 Å². The lowest BCUT2D eigenvalue weighted by Crippen LogP contribution is -2.33. The Hall–Kier alpha value is -1.30. The molecular weight excluding hydrogens is 154 g/mol. The third-order valence-corrected chi connectivity index (χ3v) is 1.51. The summed E-state index contributed by atoms with van der Waals surface area (Å²) in [6.07, 6.45) is -1.90. The molecule has 1 saturated carbocycles. The van der Waals surface area contributed by atoms with Gasteiger partial charge in [0.05, 0.1) is 0 Å². The van der Waals surface area contributed by atoms with Crippen molar-refractivity contribution in [3.8, 4) is 0 Å². The van der Waals surface area contributed by atoms with E-state index in [1.807, 2.05) is 0 Å². The number of hydrogen-bond acceptors (Lipinski definition) is 5. The van der Waals surface area contributed by atoms with Crippen molar-refractivity contribution in [3.63, 3.8) is 0 Å². The molecule has 11 heavy (non-hydrogen) atoms. The summed E-state index contributed by atoms with van der Waals surface area (Å²) in [7, 11) is 0. The topological polar surface area (TPSA) is 97.5 Å². The van der Waals surface area contributed by atoms with Gasteiger partial charge in [0.15, 0.2) is 0 Å². The van der Waals surface area contributed by atoms with Gasteiger partial charge in [-0.05, 0) is 0 Å². The third kappa shape index (κ3) is 1.12. The van der Waals surface area contributed by atoms with Crippen LogP contribution in [0.3, 0.4) is 0 Å². The highest BCUT2D eigenvalue weighted by molar-refractivity contribution is 6.13. The van der Waals surface area contributed by atoms with Crippen molar-refractivity contribution in [2.45, 2.75) is 18.6 Å². The highest BCUT2D eigenvalue weighted by atomic mass is 16.6. The molecule has 1 aliphatic carbocycles. The van der Waals surface area contributed by atoms with Crippen molar-refractivity contribution in [1.82, 2.24) is 0 Å². The molecule has 0 spiro atoms. The summed E-state index contributed by atoms with van der Waals surface area (Å²) in [5.41, 5.74) is 0. The van der Waals surface area contributed by atoms with Gasteiger partial charge >= 0.3 is 6.04 Å². The highest BCUT2D eigenvalue weighted by Crippen LogP contribution is 2.13. The minimum absolute atomic E-state index is 0.426. The van der Waals surface area contributed by atoms with E-state index in [4.69, 9.17) is 5.11 Å². The predicted octanol–water partition coefficient (Wildman–Crippen LogP) is -1.47. The lowest BCUT2D eigenvalue weighted by atomic mass is 10.2. The van der Waals surface area contributed by atoms with Crippen LogP contribution in [0.25, 0.3) is 0 Å². The molecule has 0 aromatic rings. The van der Waals surface area contributed by atoms with Gasteiger partial charge in [0.2, 0.25) is 11.6 Å². The summed E-state index contributed by atoms with van der Waals surface area (Å²) >= 11 is 0. The fourth-order valence-corrected chi connectivity index (χ4v) is 0.965. The zero-order chi connectivity index (χ0) is 8.59. The second-order valence-electron chi connectivity index (χ2n) is 2.28. The average molecular weight is 159 g/mol. The first-order valence-corrected chi connectivity index (χ1v) is 2.92. The van der Waals surface area contributed by atoms with Crippen LogP contribution in [0.1, 0.15) is 6.42 Å². The number of carbonyl (C=O) groups is 2. The van der Waals surface area contributed by atoms with Crippen molar-refractivity contribution in [1.29, 1.82) is 0 Å². The molecular formula is C5H5NO5. The van der Waals surface area contributed by atoms with E-state index in [9.17, 15) is 19.7 Å². The summed E-state index contributed by atoms with van der Waals surface area (Å²) in [6, 6.07) is -1.83. The first kappa shape index (κ1) is 7.80. The van der Waals surface area contributed by atoms with Gasteiger partial charge in [-0.3, -0.25) is 19.7 Å². The van der Waals surface area contributed by atoms with Crippen LogP contribution in [0.4, 0.5) is 0 Å². The number of rotatable bonds is 1. The quantitative estimate of drug-likeness (QED) is 0.286. The number of aliphatic hydroxyl groups is 1. The van der Waals surface area contributed by atoms with Crippen LogP contribution in [-0.2, 0) is 9.59 Å². The number of Topliss-reactive ketones (excluding diaryl/α,β-unsaturated/α-hetero) is 2. The molecule has 1 N–H and O–H groups in total. The molecule has 0 saturated heterocycles. The van der Waals surface area contributed by atoms with Crippen LogP contribution in [0.5, 0.6) is 0 Å². The lowest BCUT2D eigenvalue weighted by Gasteiger charge is -1.95. The lowest BCUT2D eigenvalue weighted by molar-refractivity contribution is -0.492. The molecule has 1 aliphatic rings. The van der Waals surface area contributed by atoms with Gasteiger partial charge in [0.1, 0.15) is 6.10 Å². The van der Waals surface area contributed by atoms with E-state index in [0.29, 0.717) is 0 Å². The molecule has 0 aliphatic heterocycles. The summed E-state index contributed by atoms with van der Waals surface area (Å²) in [5.74, 6) is -1.81. The maximum absolute atomic E-state index is 10.6. The van der Waals surface area contributed by atoms with Crippen LogP contribution in [0.15, 0.2) is 0 Å². The van der Waals surface area contributed by atoms with Crippen molar-refractivity contribution in [2.24, 2.45) is 0 Å². The second-order valence-corrected chi connectivity index (χ2v) is 2.28. The molecule has 0 amide bonds. The second kappa shape index (κ2) is 2.39. The van der Waals surface area contributed by atoms with E-state index in [0.717, 1.165) is 0 Å². The summed E-state index contributed by atoms with van der Waals surface area (Å²) < 4.78 is 0. The maximum atomic E-state index is 10.6. The van der Waals surface area contributed by atoms with Gasteiger partial charge in [0, 0.05) is 11.3 Å². The van der Waals surface area contributed by atoms with E-state index in [1.54, 1.807) is 0 Å². The predicted molar refractivity (Wildman–Crippen MR) is 31.4 cm³/mol. The molecule has 2 unspecified atom stereocenters. The first-order valence-electron chi connectivity index (χ1n) is 2.92.